The van der Waals surface area contributed by atoms with Crippen LogP contribution in [0.2, 0.25) is 0 Å². The Kier molecular flexibility index (Phi) is 6.48. The topological polar surface area (TPSA) is 95.5 Å². The molecule has 0 aromatic carbocycles. The molecule has 114 valence electrons. The lowest BCUT2D eigenvalue weighted by atomic mass is 9.87. The molecule has 6 heteroatoms. The molecule has 1 fully saturated rings. The van der Waals surface area contributed by atoms with Crippen LogP contribution in [0.5, 0.6) is 0 Å². The van der Waals surface area contributed by atoms with Crippen LogP contribution in [0.3, 0.4) is 0 Å². The van der Waals surface area contributed by atoms with Crippen molar-refractivity contribution in [3.63, 3.8) is 0 Å². The Morgan fingerprint density at radius 3 is 2.20 bits per heavy atom. The lowest BCUT2D eigenvalue weighted by Crippen LogP contribution is -2.49. The number of amides is 2. The second-order valence-electron chi connectivity index (χ2n) is 5.57. The molecule has 1 aliphatic carbocycles. The summed E-state index contributed by atoms with van der Waals surface area (Å²) in [6, 6.07) is -1.67. The van der Waals surface area contributed by atoms with Crippen LogP contribution in [0.1, 0.15) is 52.4 Å². The van der Waals surface area contributed by atoms with Crippen LogP contribution in [-0.4, -0.2) is 35.0 Å². The van der Waals surface area contributed by atoms with Crippen LogP contribution in [0.25, 0.3) is 0 Å². The highest BCUT2D eigenvalue weighted by atomic mass is 16.4. The Labute approximate surface area is 119 Å². The normalized spacial score (nSPS) is 18.9. The molecule has 20 heavy (non-hydrogen) atoms. The van der Waals surface area contributed by atoms with E-state index in [4.69, 9.17) is 5.11 Å². The van der Waals surface area contributed by atoms with Crippen molar-refractivity contribution in [1.29, 1.82) is 0 Å². The lowest BCUT2D eigenvalue weighted by Gasteiger charge is -2.22. The number of nitrogens with one attached hydrogen (secondary N) is 2. The Morgan fingerprint density at radius 1 is 1.05 bits per heavy atom. The SMILES string of the molecule is CC(NC(=O)C(C)NC(=O)CC1CCCCC1)C(=O)O. The first-order chi connectivity index (χ1) is 9.40. The largest absolute Gasteiger partial charge is 0.480 e. The summed E-state index contributed by atoms with van der Waals surface area (Å²) in [7, 11) is 0. The summed E-state index contributed by atoms with van der Waals surface area (Å²) in [4.78, 5) is 34.2. The van der Waals surface area contributed by atoms with Crippen molar-refractivity contribution >= 4 is 17.8 Å². The van der Waals surface area contributed by atoms with E-state index in [0.29, 0.717) is 12.3 Å². The van der Waals surface area contributed by atoms with Gasteiger partial charge in [0.25, 0.3) is 0 Å². The van der Waals surface area contributed by atoms with Gasteiger partial charge < -0.3 is 15.7 Å². The molecule has 0 bridgehead atoms. The van der Waals surface area contributed by atoms with E-state index in [0.717, 1.165) is 12.8 Å². The van der Waals surface area contributed by atoms with Crippen molar-refractivity contribution < 1.29 is 19.5 Å². The number of carbonyl (C=O) groups is 3. The minimum atomic E-state index is -1.10. The molecule has 2 atom stereocenters. The van der Waals surface area contributed by atoms with E-state index in [1.807, 2.05) is 0 Å². The van der Waals surface area contributed by atoms with Crippen molar-refractivity contribution in [2.75, 3.05) is 0 Å². The van der Waals surface area contributed by atoms with E-state index in [1.165, 1.54) is 26.2 Å². The first-order valence-corrected chi connectivity index (χ1v) is 7.22. The molecular weight excluding hydrogens is 260 g/mol. The van der Waals surface area contributed by atoms with Crippen LogP contribution in [0.15, 0.2) is 0 Å². The van der Waals surface area contributed by atoms with E-state index in [2.05, 4.69) is 10.6 Å². The second-order valence-corrected chi connectivity index (χ2v) is 5.57. The van der Waals surface area contributed by atoms with Crippen LogP contribution in [-0.2, 0) is 14.4 Å². The maximum Gasteiger partial charge on any atom is 0.325 e. The van der Waals surface area contributed by atoms with Crippen molar-refractivity contribution in [1.82, 2.24) is 10.6 Å². The van der Waals surface area contributed by atoms with Gasteiger partial charge in [0.05, 0.1) is 0 Å². The summed E-state index contributed by atoms with van der Waals surface area (Å²) < 4.78 is 0. The lowest BCUT2D eigenvalue weighted by molar-refractivity contribution is -0.141. The second kappa shape index (κ2) is 7.87. The van der Waals surface area contributed by atoms with Gasteiger partial charge in [0.1, 0.15) is 12.1 Å². The van der Waals surface area contributed by atoms with Gasteiger partial charge in [0.15, 0.2) is 0 Å². The molecule has 1 aliphatic rings. The van der Waals surface area contributed by atoms with Gasteiger partial charge in [-0.2, -0.15) is 0 Å². The predicted octanol–water partition coefficient (Wildman–Crippen LogP) is 1.05. The molecule has 0 heterocycles. The van der Waals surface area contributed by atoms with Crippen LogP contribution < -0.4 is 10.6 Å². The van der Waals surface area contributed by atoms with Gasteiger partial charge in [-0.15, -0.1) is 0 Å². The minimum Gasteiger partial charge on any atom is -0.480 e. The summed E-state index contributed by atoms with van der Waals surface area (Å²) in [5, 5.41) is 13.7. The van der Waals surface area contributed by atoms with Crippen LogP contribution >= 0.6 is 0 Å². The third kappa shape index (κ3) is 5.59. The monoisotopic (exact) mass is 284 g/mol. The van der Waals surface area contributed by atoms with Crippen molar-refractivity contribution in [2.24, 2.45) is 5.92 Å². The van der Waals surface area contributed by atoms with Gasteiger partial charge in [0.2, 0.25) is 11.8 Å². The minimum absolute atomic E-state index is 0.137. The molecule has 6 nitrogen and oxygen atoms in total. The summed E-state index contributed by atoms with van der Waals surface area (Å²) in [6.45, 7) is 2.94. The smallest absolute Gasteiger partial charge is 0.325 e. The first kappa shape index (κ1) is 16.5. The number of rotatable bonds is 6. The van der Waals surface area contributed by atoms with Crippen LogP contribution in [0, 0.1) is 5.92 Å². The van der Waals surface area contributed by atoms with Gasteiger partial charge in [-0.05, 0) is 32.6 Å². The van der Waals surface area contributed by atoms with Crippen molar-refractivity contribution in [2.45, 2.75) is 64.5 Å². The maximum absolute atomic E-state index is 11.8. The average Bonchev–Trinajstić information content (AvgIpc) is 2.39. The van der Waals surface area contributed by atoms with E-state index < -0.39 is 24.0 Å². The number of aliphatic carboxylic acids is 1. The molecule has 0 aromatic rings. The molecule has 2 amide bonds. The van der Waals surface area contributed by atoms with Crippen molar-refractivity contribution in [3.05, 3.63) is 0 Å². The Balaban J connectivity index is 2.32. The summed E-state index contributed by atoms with van der Waals surface area (Å²) in [5.74, 6) is -1.30. The number of carboxylic acid groups (broad SMARTS) is 1. The molecule has 0 spiro atoms. The predicted molar refractivity (Wildman–Crippen MR) is 74.0 cm³/mol. The average molecular weight is 284 g/mol. The zero-order valence-electron chi connectivity index (χ0n) is 12.1. The highest BCUT2D eigenvalue weighted by molar-refractivity contribution is 5.89. The molecule has 2 unspecified atom stereocenters. The Hall–Kier alpha value is -1.59. The molecule has 0 saturated heterocycles. The van der Waals surface area contributed by atoms with Gasteiger partial charge in [-0.1, -0.05) is 19.3 Å². The molecule has 0 radical (unpaired) electrons. The summed E-state index contributed by atoms with van der Waals surface area (Å²) in [5.41, 5.74) is 0. The Bertz CT molecular complexity index is 364. The van der Waals surface area contributed by atoms with E-state index in [1.54, 1.807) is 6.92 Å². The highest BCUT2D eigenvalue weighted by Gasteiger charge is 2.22. The molecule has 1 saturated carbocycles. The molecule has 3 N–H and O–H groups in total. The van der Waals surface area contributed by atoms with Gasteiger partial charge >= 0.3 is 5.97 Å². The molecular formula is C14H24N2O4. The van der Waals surface area contributed by atoms with Gasteiger partial charge in [0, 0.05) is 6.42 Å². The van der Waals surface area contributed by atoms with E-state index in [9.17, 15) is 14.4 Å². The fourth-order valence-corrected chi connectivity index (χ4v) is 2.42. The van der Waals surface area contributed by atoms with Crippen LogP contribution in [0.4, 0.5) is 0 Å². The zero-order valence-corrected chi connectivity index (χ0v) is 12.1. The standard InChI is InChI=1S/C14H24N2O4/c1-9(13(18)16-10(2)14(19)20)15-12(17)8-11-6-4-3-5-7-11/h9-11H,3-8H2,1-2H3,(H,15,17)(H,16,18)(H,19,20). The van der Waals surface area contributed by atoms with Crippen molar-refractivity contribution in [3.8, 4) is 0 Å². The fraction of sp³-hybridized carbons (Fsp3) is 0.786. The zero-order chi connectivity index (χ0) is 15.1. The molecule has 0 aliphatic heterocycles. The number of hydrogen-bond acceptors (Lipinski definition) is 3. The quantitative estimate of drug-likeness (QED) is 0.679. The number of carboxylic acids is 1. The van der Waals surface area contributed by atoms with Gasteiger partial charge in [-0.25, -0.2) is 0 Å². The third-order valence-corrected chi connectivity index (χ3v) is 3.70. The van der Waals surface area contributed by atoms with E-state index >= 15 is 0 Å². The number of hydrogen-bond donors (Lipinski definition) is 3. The highest BCUT2D eigenvalue weighted by Crippen LogP contribution is 2.26. The fourth-order valence-electron chi connectivity index (χ4n) is 2.42. The van der Waals surface area contributed by atoms with Gasteiger partial charge in [-0.3, -0.25) is 14.4 Å². The van der Waals surface area contributed by atoms with E-state index in [-0.39, 0.29) is 5.91 Å². The Morgan fingerprint density at radius 2 is 1.65 bits per heavy atom. The summed E-state index contributed by atoms with van der Waals surface area (Å²) >= 11 is 0. The molecule has 0 aromatic heterocycles. The first-order valence-electron chi connectivity index (χ1n) is 7.22. The summed E-state index contributed by atoms with van der Waals surface area (Å²) in [6.07, 6.45) is 6.18. The number of carbonyl (C=O) groups excluding carboxylic acids is 2. The third-order valence-electron chi connectivity index (χ3n) is 3.70. The maximum atomic E-state index is 11.8. The molecule has 1 rings (SSSR count).